The Morgan fingerprint density at radius 1 is 1.36 bits per heavy atom. The van der Waals surface area contributed by atoms with Gasteiger partial charge in [0.1, 0.15) is 28.5 Å². The SMILES string of the molecule is CSc1ccc(/C(=C/O)N=C(C)C2=CC=C(F)C=CC2)nn1. The zero-order valence-electron chi connectivity index (χ0n) is 12.3. The summed E-state index contributed by atoms with van der Waals surface area (Å²) >= 11 is 1.49. The molecule has 1 aliphatic rings. The lowest BCUT2D eigenvalue weighted by Crippen LogP contribution is -1.99. The summed E-state index contributed by atoms with van der Waals surface area (Å²) < 4.78 is 13.2. The second-order valence-corrected chi connectivity index (χ2v) is 5.35. The second kappa shape index (κ2) is 7.70. The van der Waals surface area contributed by atoms with Gasteiger partial charge in [0, 0.05) is 5.71 Å². The van der Waals surface area contributed by atoms with E-state index in [4.69, 9.17) is 0 Å². The van der Waals surface area contributed by atoms with Crippen LogP contribution in [0.1, 0.15) is 19.0 Å². The molecule has 22 heavy (non-hydrogen) atoms. The molecule has 114 valence electrons. The highest BCUT2D eigenvalue weighted by atomic mass is 32.2. The number of hydrogen-bond acceptors (Lipinski definition) is 5. The minimum absolute atomic E-state index is 0.292. The molecule has 1 N–H and O–H groups in total. The Balaban J connectivity index is 2.26. The molecule has 0 atom stereocenters. The quantitative estimate of drug-likeness (QED) is 0.512. The monoisotopic (exact) mass is 317 g/mol. The Morgan fingerprint density at radius 2 is 2.18 bits per heavy atom. The number of thioether (sulfide) groups is 1. The van der Waals surface area contributed by atoms with Gasteiger partial charge in [-0.3, -0.25) is 0 Å². The van der Waals surface area contributed by atoms with Gasteiger partial charge in [0.15, 0.2) is 0 Å². The normalized spacial score (nSPS) is 16.1. The number of aliphatic hydroxyl groups excluding tert-OH is 1. The molecule has 0 spiro atoms. The first-order chi connectivity index (χ1) is 10.6. The van der Waals surface area contributed by atoms with Crippen molar-refractivity contribution in [3.8, 4) is 0 Å². The number of rotatable bonds is 4. The molecular formula is C16H16FN3OS. The first-order valence-electron chi connectivity index (χ1n) is 6.65. The third-order valence-corrected chi connectivity index (χ3v) is 3.68. The van der Waals surface area contributed by atoms with Gasteiger partial charge in [-0.1, -0.05) is 12.2 Å². The number of aliphatic imine (C=N–C) groups is 1. The van der Waals surface area contributed by atoms with Crippen LogP contribution in [0.5, 0.6) is 0 Å². The first-order valence-corrected chi connectivity index (χ1v) is 7.87. The third-order valence-electron chi connectivity index (χ3n) is 3.05. The van der Waals surface area contributed by atoms with E-state index in [2.05, 4.69) is 15.2 Å². The van der Waals surface area contributed by atoms with Gasteiger partial charge in [0.25, 0.3) is 0 Å². The summed E-state index contributed by atoms with van der Waals surface area (Å²) in [6, 6.07) is 3.56. The molecule has 4 nitrogen and oxygen atoms in total. The van der Waals surface area contributed by atoms with Crippen LogP contribution in [0.15, 0.2) is 64.1 Å². The molecule has 1 aromatic heterocycles. The summed E-state index contributed by atoms with van der Waals surface area (Å²) in [5, 5.41) is 18.2. The number of allylic oxidation sites excluding steroid dienone is 6. The van der Waals surface area contributed by atoms with Gasteiger partial charge in [-0.15, -0.1) is 22.0 Å². The smallest absolute Gasteiger partial charge is 0.125 e. The number of aromatic nitrogens is 2. The van der Waals surface area contributed by atoms with Gasteiger partial charge in [0.2, 0.25) is 0 Å². The van der Waals surface area contributed by atoms with Gasteiger partial charge in [-0.2, -0.15) is 0 Å². The van der Waals surface area contributed by atoms with Crippen molar-refractivity contribution < 1.29 is 9.50 Å². The van der Waals surface area contributed by atoms with Gasteiger partial charge < -0.3 is 5.11 Å². The van der Waals surface area contributed by atoms with E-state index in [-0.39, 0.29) is 5.83 Å². The van der Waals surface area contributed by atoms with Crippen molar-refractivity contribution in [2.24, 2.45) is 4.99 Å². The zero-order chi connectivity index (χ0) is 15.9. The van der Waals surface area contributed by atoms with Crippen LogP contribution < -0.4 is 0 Å². The maximum atomic E-state index is 13.2. The van der Waals surface area contributed by atoms with Gasteiger partial charge in [0.05, 0.1) is 0 Å². The van der Waals surface area contributed by atoms with E-state index >= 15 is 0 Å². The summed E-state index contributed by atoms with van der Waals surface area (Å²) in [4.78, 5) is 4.38. The molecule has 0 saturated heterocycles. The Bertz CT molecular complexity index is 688. The van der Waals surface area contributed by atoms with Crippen LogP contribution in [-0.2, 0) is 0 Å². The summed E-state index contributed by atoms with van der Waals surface area (Å²) in [7, 11) is 0. The van der Waals surface area contributed by atoms with Crippen molar-refractivity contribution in [3.05, 3.63) is 59.8 Å². The fourth-order valence-electron chi connectivity index (χ4n) is 1.84. The summed E-state index contributed by atoms with van der Waals surface area (Å²) in [6.45, 7) is 1.81. The lowest BCUT2D eigenvalue weighted by atomic mass is 10.1. The molecule has 0 amide bonds. The highest BCUT2D eigenvalue weighted by Crippen LogP contribution is 2.19. The van der Waals surface area contributed by atoms with E-state index in [1.807, 2.05) is 19.2 Å². The van der Waals surface area contributed by atoms with Crippen molar-refractivity contribution >= 4 is 23.2 Å². The van der Waals surface area contributed by atoms with E-state index < -0.39 is 0 Å². The van der Waals surface area contributed by atoms with E-state index in [1.54, 1.807) is 18.2 Å². The maximum Gasteiger partial charge on any atom is 0.125 e. The minimum atomic E-state index is -0.292. The summed E-state index contributed by atoms with van der Waals surface area (Å²) in [6.07, 6.45) is 9.63. The van der Waals surface area contributed by atoms with Crippen LogP contribution in [-0.4, -0.2) is 27.3 Å². The zero-order valence-corrected chi connectivity index (χ0v) is 13.1. The lowest BCUT2D eigenvalue weighted by molar-refractivity contribution is 0.474. The molecule has 0 saturated carbocycles. The highest BCUT2D eigenvalue weighted by Gasteiger charge is 2.08. The van der Waals surface area contributed by atoms with Gasteiger partial charge in [-0.25, -0.2) is 9.38 Å². The maximum absolute atomic E-state index is 13.2. The average Bonchev–Trinajstić information content (AvgIpc) is 2.77. The number of nitrogens with zero attached hydrogens (tertiary/aromatic N) is 3. The largest absolute Gasteiger partial charge is 0.513 e. The van der Waals surface area contributed by atoms with Crippen LogP contribution in [0.4, 0.5) is 4.39 Å². The minimum Gasteiger partial charge on any atom is -0.513 e. The molecule has 0 bridgehead atoms. The van der Waals surface area contributed by atoms with Gasteiger partial charge in [-0.05, 0) is 49.5 Å². The Hall–Kier alpha value is -2.21. The van der Waals surface area contributed by atoms with E-state index in [9.17, 15) is 9.50 Å². The predicted molar refractivity (Wildman–Crippen MR) is 88.6 cm³/mol. The van der Waals surface area contributed by atoms with Crippen LogP contribution >= 0.6 is 11.8 Å². The lowest BCUT2D eigenvalue weighted by Gasteiger charge is -2.05. The van der Waals surface area contributed by atoms with Crippen LogP contribution in [0.2, 0.25) is 0 Å². The molecule has 0 fully saturated rings. The Kier molecular flexibility index (Phi) is 5.66. The van der Waals surface area contributed by atoms with Crippen LogP contribution in [0, 0.1) is 0 Å². The van der Waals surface area contributed by atoms with E-state index in [0.717, 1.165) is 16.9 Å². The first kappa shape index (κ1) is 16.2. The second-order valence-electron chi connectivity index (χ2n) is 4.52. The highest BCUT2D eigenvalue weighted by molar-refractivity contribution is 7.98. The topological polar surface area (TPSA) is 58.4 Å². The van der Waals surface area contributed by atoms with Crippen molar-refractivity contribution in [2.45, 2.75) is 18.4 Å². The Labute approximate surface area is 132 Å². The standard InChI is InChI=1S/C16H16FN3OS/c1-11(12-4-3-5-13(17)7-6-12)18-15(10-21)14-8-9-16(22-2)20-19-14/h3,5-10,21H,4H2,1-2H3/b15-10-,18-11?. The fourth-order valence-corrected chi connectivity index (χ4v) is 2.17. The predicted octanol–water partition coefficient (Wildman–Crippen LogP) is 4.26. The molecule has 1 aliphatic carbocycles. The van der Waals surface area contributed by atoms with Crippen molar-refractivity contribution in [3.63, 3.8) is 0 Å². The Morgan fingerprint density at radius 3 is 2.82 bits per heavy atom. The molecular weight excluding hydrogens is 301 g/mol. The van der Waals surface area contributed by atoms with Crippen molar-refractivity contribution in [1.29, 1.82) is 0 Å². The molecule has 0 aliphatic heterocycles. The molecule has 1 heterocycles. The third kappa shape index (κ3) is 4.14. The summed E-state index contributed by atoms with van der Waals surface area (Å²) in [5.74, 6) is -0.292. The molecule has 2 rings (SSSR count). The molecule has 6 heteroatoms. The fraction of sp³-hybridized carbons (Fsp3) is 0.188. The molecule has 0 unspecified atom stereocenters. The average molecular weight is 317 g/mol. The molecule has 0 radical (unpaired) electrons. The van der Waals surface area contributed by atoms with Crippen molar-refractivity contribution in [2.75, 3.05) is 6.26 Å². The molecule has 1 aromatic rings. The van der Waals surface area contributed by atoms with E-state index in [0.29, 0.717) is 23.5 Å². The number of hydrogen-bond donors (Lipinski definition) is 1. The van der Waals surface area contributed by atoms with Crippen LogP contribution in [0.25, 0.3) is 5.70 Å². The van der Waals surface area contributed by atoms with Crippen LogP contribution in [0.3, 0.4) is 0 Å². The van der Waals surface area contributed by atoms with Gasteiger partial charge >= 0.3 is 0 Å². The molecule has 0 aromatic carbocycles. The summed E-state index contributed by atoms with van der Waals surface area (Å²) in [5.41, 5.74) is 2.35. The van der Waals surface area contributed by atoms with Crippen molar-refractivity contribution in [1.82, 2.24) is 10.2 Å². The van der Waals surface area contributed by atoms with E-state index in [1.165, 1.54) is 23.9 Å². The number of halogens is 1. The number of aliphatic hydroxyl groups is 1.